The monoisotopic (exact) mass is 740 g/mol. The molecule has 3 aromatic heterocycles. The van der Waals surface area contributed by atoms with Crippen LogP contribution in [-0.4, -0.2) is 19.5 Å². The van der Waals surface area contributed by atoms with Crippen LogP contribution in [0.15, 0.2) is 195 Å². The molecule has 0 N–H and O–H groups in total. The lowest BCUT2D eigenvalue weighted by Crippen LogP contribution is -2.08. The van der Waals surface area contributed by atoms with Crippen LogP contribution in [0.5, 0.6) is 0 Å². The van der Waals surface area contributed by atoms with Crippen LogP contribution >= 0.6 is 0 Å². The van der Waals surface area contributed by atoms with Crippen LogP contribution in [-0.2, 0) is 0 Å². The number of aromatic nitrogens is 4. The molecular weight excluding hydrogens is 705 g/mol. The van der Waals surface area contributed by atoms with Crippen molar-refractivity contribution in [1.29, 1.82) is 0 Å². The maximum absolute atomic E-state index is 5.53. The molecule has 1 aliphatic rings. The first-order chi connectivity index (χ1) is 28.7. The maximum Gasteiger partial charge on any atom is 0.163 e. The number of para-hydroxylation sites is 2. The summed E-state index contributed by atoms with van der Waals surface area (Å²) >= 11 is 0. The summed E-state index contributed by atoms with van der Waals surface area (Å²) in [6.07, 6.45) is 10.2. The fourth-order valence-corrected chi connectivity index (χ4v) is 9.00. The van der Waals surface area contributed by atoms with Gasteiger partial charge in [0.25, 0.3) is 0 Å². The fourth-order valence-electron chi connectivity index (χ4n) is 9.00. The minimum absolute atomic E-state index is 0.170. The van der Waals surface area contributed by atoms with Gasteiger partial charge in [-0.15, -0.1) is 0 Å². The maximum atomic E-state index is 5.53. The molecule has 0 fully saturated rings. The third-order valence-electron chi connectivity index (χ3n) is 11.5. The third kappa shape index (κ3) is 5.41. The van der Waals surface area contributed by atoms with Crippen molar-refractivity contribution in [3.8, 4) is 28.2 Å². The topological polar surface area (TPSA) is 43.6 Å². The summed E-state index contributed by atoms with van der Waals surface area (Å²) in [7, 11) is 0. The zero-order valence-corrected chi connectivity index (χ0v) is 31.6. The van der Waals surface area contributed by atoms with Crippen LogP contribution in [0, 0.1) is 0 Å². The molecular formula is C54H36N4. The highest BCUT2D eigenvalue weighted by Gasteiger charge is 2.33. The second-order valence-electron chi connectivity index (χ2n) is 14.8. The molecule has 1 unspecified atom stereocenters. The molecule has 0 saturated carbocycles. The van der Waals surface area contributed by atoms with Gasteiger partial charge in [-0.25, -0.2) is 15.0 Å². The Kier molecular flexibility index (Phi) is 8.00. The number of nitrogens with zero attached hydrogens (tertiary/aromatic N) is 4. The summed E-state index contributed by atoms with van der Waals surface area (Å²) in [6, 6.07) is 60.5. The average Bonchev–Trinajstić information content (AvgIpc) is 3.83. The van der Waals surface area contributed by atoms with E-state index in [0.29, 0.717) is 11.5 Å². The lowest BCUT2D eigenvalue weighted by atomic mass is 9.83. The highest BCUT2D eigenvalue weighted by molar-refractivity contribution is 6.12. The molecule has 0 bridgehead atoms. The Labute approximate surface area is 336 Å². The first-order valence-corrected chi connectivity index (χ1v) is 19.7. The van der Waals surface area contributed by atoms with Gasteiger partial charge in [0.2, 0.25) is 0 Å². The Morgan fingerprint density at radius 3 is 2.17 bits per heavy atom. The molecule has 7 aromatic carbocycles. The quantitative estimate of drug-likeness (QED) is 0.153. The highest BCUT2D eigenvalue weighted by atomic mass is 15.0. The van der Waals surface area contributed by atoms with Crippen molar-refractivity contribution in [1.82, 2.24) is 19.5 Å². The van der Waals surface area contributed by atoms with Crippen LogP contribution in [0.3, 0.4) is 0 Å². The minimum Gasteiger partial charge on any atom is -0.309 e. The normalized spacial score (nSPS) is 13.8. The molecule has 3 heterocycles. The molecule has 1 aliphatic carbocycles. The van der Waals surface area contributed by atoms with Gasteiger partial charge in [0.15, 0.2) is 11.5 Å². The molecule has 4 nitrogen and oxygen atoms in total. The van der Waals surface area contributed by atoms with Gasteiger partial charge < -0.3 is 4.57 Å². The molecule has 11 rings (SSSR count). The van der Waals surface area contributed by atoms with E-state index >= 15 is 0 Å². The SMILES string of the molecule is C=C/C=C\c1cc2c(cc1-c1ccccc1C1=Cc3ccccc3C1c1nc(-c3cccc4ccccc34)nc3ncccc13)c1ccccc1n2-c1ccccc1. The Hall–Kier alpha value is -7.69. The van der Waals surface area contributed by atoms with Gasteiger partial charge in [0, 0.05) is 33.6 Å². The summed E-state index contributed by atoms with van der Waals surface area (Å²) in [6.45, 7) is 4.04. The second kappa shape index (κ2) is 13.8. The van der Waals surface area contributed by atoms with Crippen LogP contribution in [0.25, 0.3) is 89.5 Å². The number of pyridine rings is 1. The predicted octanol–water partition coefficient (Wildman–Crippen LogP) is 13.5. The van der Waals surface area contributed by atoms with Gasteiger partial charge in [-0.2, -0.15) is 0 Å². The van der Waals surface area contributed by atoms with E-state index in [1.807, 2.05) is 24.4 Å². The number of allylic oxidation sites excluding steroid dienone is 3. The number of hydrogen-bond acceptors (Lipinski definition) is 3. The molecule has 1 atom stereocenters. The molecule has 0 amide bonds. The highest BCUT2D eigenvalue weighted by Crippen LogP contribution is 2.50. The van der Waals surface area contributed by atoms with E-state index < -0.39 is 0 Å². The second-order valence-corrected chi connectivity index (χ2v) is 14.8. The summed E-state index contributed by atoms with van der Waals surface area (Å²) < 4.78 is 2.37. The van der Waals surface area contributed by atoms with E-state index in [-0.39, 0.29) is 5.92 Å². The van der Waals surface area contributed by atoms with Crippen LogP contribution < -0.4 is 0 Å². The van der Waals surface area contributed by atoms with Gasteiger partial charge in [-0.1, -0.05) is 152 Å². The molecule has 4 heteroatoms. The van der Waals surface area contributed by atoms with Crippen LogP contribution in [0.2, 0.25) is 0 Å². The molecule has 0 aliphatic heterocycles. The number of rotatable bonds is 7. The lowest BCUT2D eigenvalue weighted by Gasteiger charge is -2.22. The van der Waals surface area contributed by atoms with Crippen molar-refractivity contribution in [2.45, 2.75) is 5.92 Å². The van der Waals surface area contributed by atoms with Crippen molar-refractivity contribution in [2.24, 2.45) is 0 Å². The summed E-state index contributed by atoms with van der Waals surface area (Å²) in [5, 5.41) is 5.63. The van der Waals surface area contributed by atoms with Gasteiger partial charge >= 0.3 is 0 Å². The summed E-state index contributed by atoms with van der Waals surface area (Å²) in [4.78, 5) is 15.5. The minimum atomic E-state index is -0.170. The third-order valence-corrected chi connectivity index (χ3v) is 11.5. The smallest absolute Gasteiger partial charge is 0.163 e. The van der Waals surface area contributed by atoms with Crippen molar-refractivity contribution in [2.75, 3.05) is 0 Å². The Morgan fingerprint density at radius 1 is 0.552 bits per heavy atom. The predicted molar refractivity (Wildman–Crippen MR) is 242 cm³/mol. The molecule has 0 saturated heterocycles. The number of benzene rings is 7. The van der Waals surface area contributed by atoms with Crippen LogP contribution in [0.1, 0.15) is 33.9 Å². The van der Waals surface area contributed by atoms with Crippen molar-refractivity contribution >= 4 is 61.3 Å². The zero-order chi connectivity index (χ0) is 38.6. The molecule has 10 aromatic rings. The van der Waals surface area contributed by atoms with E-state index in [0.717, 1.165) is 60.9 Å². The van der Waals surface area contributed by atoms with Crippen molar-refractivity contribution in [3.63, 3.8) is 0 Å². The van der Waals surface area contributed by atoms with Crippen LogP contribution in [0.4, 0.5) is 0 Å². The van der Waals surface area contributed by atoms with Crippen molar-refractivity contribution in [3.05, 3.63) is 223 Å². The number of fused-ring (bicyclic) bond motifs is 6. The van der Waals surface area contributed by atoms with Gasteiger partial charge in [0.1, 0.15) is 0 Å². The van der Waals surface area contributed by atoms with E-state index in [2.05, 4.69) is 187 Å². The fraction of sp³-hybridized carbons (Fsp3) is 0.0185. The molecule has 0 radical (unpaired) electrons. The standard InChI is InChI=1S/C54H36N4/c1-2-3-17-37-33-50-47(43-27-13-14-30-49(43)58(50)38-21-5-4-6-22-38)34-46(37)41-25-11-12-26-42(41)48-32-36-19-8-10-24-40(36)51(48)52-45-29-16-31-55-53(45)57-54(56-52)44-28-15-20-35-18-7-9-23-39(35)44/h2-34,51H,1H2/b17-3-. The van der Waals surface area contributed by atoms with E-state index in [1.54, 1.807) is 0 Å². The number of hydrogen-bond donors (Lipinski definition) is 0. The van der Waals surface area contributed by atoms with Gasteiger partial charge in [-0.3, -0.25) is 0 Å². The molecule has 58 heavy (non-hydrogen) atoms. The Bertz CT molecular complexity index is 3310. The van der Waals surface area contributed by atoms with E-state index in [4.69, 9.17) is 15.0 Å². The van der Waals surface area contributed by atoms with E-state index in [1.165, 1.54) is 33.0 Å². The van der Waals surface area contributed by atoms with E-state index in [9.17, 15) is 0 Å². The largest absolute Gasteiger partial charge is 0.309 e. The molecule has 0 spiro atoms. The Morgan fingerprint density at radius 2 is 1.28 bits per heavy atom. The zero-order valence-electron chi connectivity index (χ0n) is 31.6. The lowest BCUT2D eigenvalue weighted by molar-refractivity contribution is 0.986. The first kappa shape index (κ1) is 33.6. The molecule has 272 valence electrons. The first-order valence-electron chi connectivity index (χ1n) is 19.7. The Balaban J connectivity index is 1.16. The van der Waals surface area contributed by atoms with Gasteiger partial charge in [-0.05, 0) is 98.3 Å². The summed E-state index contributed by atoms with van der Waals surface area (Å²) in [5.41, 5.74) is 14.3. The average molecular weight is 741 g/mol. The van der Waals surface area contributed by atoms with Crippen molar-refractivity contribution < 1.29 is 0 Å². The summed E-state index contributed by atoms with van der Waals surface area (Å²) in [5.74, 6) is 0.504. The van der Waals surface area contributed by atoms with Gasteiger partial charge in [0.05, 0.1) is 22.6 Å².